The number of hydrogen-bond donors (Lipinski definition) is 0. The Morgan fingerprint density at radius 3 is 0.430 bits per heavy atom. The maximum absolute atomic E-state index is 2.47. The fourth-order valence-electron chi connectivity index (χ4n) is 20.8. The lowest BCUT2D eigenvalue weighted by molar-refractivity contribution is 0.590. The van der Waals surface area contributed by atoms with Crippen LogP contribution < -0.4 is 9.80 Å². The molecule has 6 nitrogen and oxygen atoms in total. The first-order valence-corrected chi connectivity index (χ1v) is 53.6. The van der Waals surface area contributed by atoms with E-state index < -0.39 is 0 Å². The van der Waals surface area contributed by atoms with Crippen molar-refractivity contribution in [2.75, 3.05) is 9.80 Å². The average molecular weight is 1930 g/mol. The van der Waals surface area contributed by atoms with E-state index in [9.17, 15) is 0 Å². The van der Waals surface area contributed by atoms with E-state index >= 15 is 0 Å². The summed E-state index contributed by atoms with van der Waals surface area (Å²) in [6.07, 6.45) is 0. The highest BCUT2D eigenvalue weighted by Crippen LogP contribution is 2.51. The second kappa shape index (κ2) is 34.2. The number of fused-ring (bicyclic) bond motifs is 12. The van der Waals surface area contributed by atoms with Crippen LogP contribution in [0.25, 0.3) is 160 Å². The highest BCUT2D eigenvalue weighted by atomic mass is 32.1. The number of nitrogens with zero attached hydrogens (tertiary/aromatic N) is 6. The summed E-state index contributed by atoms with van der Waals surface area (Å²) < 4.78 is 9.86. The van der Waals surface area contributed by atoms with Crippen LogP contribution in [0.4, 0.5) is 34.1 Å². The van der Waals surface area contributed by atoms with E-state index in [2.05, 4.69) is 534 Å². The first-order chi connectivity index (χ1) is 67.4. The van der Waals surface area contributed by atoms with Crippen molar-refractivity contribution in [1.29, 1.82) is 0 Å². The van der Waals surface area contributed by atoms with Crippen molar-refractivity contribution in [3.05, 3.63) is 384 Å². The summed E-state index contributed by atoms with van der Waals surface area (Å²) >= 11 is 7.49. The molecular weight excluding hydrogens is 1800 g/mol. The van der Waals surface area contributed by atoms with Crippen molar-refractivity contribution in [3.63, 3.8) is 0 Å². The second-order valence-electron chi connectivity index (χ2n) is 47.7. The first-order valence-electron chi connectivity index (χ1n) is 50.4. The minimum atomic E-state index is 0.00464. The van der Waals surface area contributed by atoms with E-state index in [1.165, 1.54) is 182 Å². The predicted octanol–water partition coefficient (Wildman–Crippen LogP) is 40.0. The van der Waals surface area contributed by atoms with Gasteiger partial charge in [0, 0.05) is 139 Å². The van der Waals surface area contributed by atoms with E-state index in [4.69, 9.17) is 0 Å². The highest BCUT2D eigenvalue weighted by Gasteiger charge is 2.31. The maximum atomic E-state index is 2.47. The van der Waals surface area contributed by atoms with Crippen LogP contribution in [0, 0.1) is 0 Å². The lowest BCUT2D eigenvalue weighted by Crippen LogP contribution is -2.11. The van der Waals surface area contributed by atoms with Crippen molar-refractivity contribution >= 4 is 167 Å². The minimum Gasteiger partial charge on any atom is -0.311 e. The molecule has 14 aromatic carbocycles. The summed E-state index contributed by atoms with van der Waals surface area (Å²) in [5.74, 6) is 0. The zero-order chi connectivity index (χ0) is 99.3. The molecule has 0 aliphatic carbocycles. The Labute approximate surface area is 854 Å². The summed E-state index contributed by atoms with van der Waals surface area (Å²) in [7, 11) is 0. The molecule has 0 unspecified atom stereocenters. The molecule has 0 fully saturated rings. The SMILES string of the molecule is CC(C)(C)c1ccc2c(c1)c1cc(C(C)(C)C)ccc1n2-c1ccc(N(c2ccc(-c3ccc(-c4ccc(-c5ccc(-c6ccc(-c7ccc(N(c8ccc(-n9c%10ccc(C(C)(C)C)cc%10c%10cc(C(C)(C)C)ccc%109)cc8)c8ccc(-n9c%10ccc(C(C)(C)C)cc%10c%10cc(C(C)(C)C)ccc%109)cc8)cc7)s6)s5)s4)s3)cc2)c2ccc(-n3c4ccc(C(C)(C)C)cc4c4cc(C(C)(C)C)ccc43)cc2)cc1. The number of aromatic nitrogens is 4. The topological polar surface area (TPSA) is 26.2 Å². The average Bonchev–Trinajstić information content (AvgIpc) is 1.59. The Balaban J connectivity index is 0.551. The highest BCUT2D eigenvalue weighted by molar-refractivity contribution is 7.29. The van der Waals surface area contributed by atoms with Gasteiger partial charge in [-0.25, -0.2) is 0 Å². The van der Waals surface area contributed by atoms with E-state index in [1.54, 1.807) is 0 Å². The van der Waals surface area contributed by atoms with Crippen LogP contribution in [-0.2, 0) is 43.3 Å². The van der Waals surface area contributed by atoms with Gasteiger partial charge >= 0.3 is 0 Å². The van der Waals surface area contributed by atoms with Crippen molar-refractivity contribution in [3.8, 4) is 72.9 Å². The largest absolute Gasteiger partial charge is 0.311 e. The molecule has 0 atom stereocenters. The molecule has 0 spiro atoms. The van der Waals surface area contributed by atoms with Gasteiger partial charge in [0.05, 0.1) is 44.1 Å². The van der Waals surface area contributed by atoms with Crippen molar-refractivity contribution < 1.29 is 0 Å². The summed E-state index contributed by atoms with van der Waals surface area (Å²) in [5.41, 5.74) is 33.7. The van der Waals surface area contributed by atoms with E-state index in [0.29, 0.717) is 0 Å². The van der Waals surface area contributed by atoms with Gasteiger partial charge in [-0.2, -0.15) is 0 Å². The first kappa shape index (κ1) is 93.6. The van der Waals surface area contributed by atoms with E-state index in [0.717, 1.165) is 56.9 Å². The molecule has 0 bridgehead atoms. The third kappa shape index (κ3) is 17.0. The van der Waals surface area contributed by atoms with Crippen LogP contribution in [0.1, 0.15) is 211 Å². The molecule has 0 N–H and O–H groups in total. The Bertz CT molecular complexity index is 7480. The Morgan fingerprint density at radius 2 is 0.282 bits per heavy atom. The fraction of sp³-hybridized carbons (Fsp3) is 0.242. The van der Waals surface area contributed by atoms with Crippen molar-refractivity contribution in [1.82, 2.24) is 18.3 Å². The monoisotopic (exact) mass is 1920 g/mol. The molecule has 8 heterocycles. The van der Waals surface area contributed by atoms with E-state index in [-0.39, 0.29) is 43.3 Å². The molecule has 0 amide bonds. The third-order valence-electron chi connectivity index (χ3n) is 29.4. The lowest BCUT2D eigenvalue weighted by atomic mass is 9.85. The Kier molecular flexibility index (Phi) is 22.6. The van der Waals surface area contributed by atoms with Gasteiger partial charge in [-0.1, -0.05) is 239 Å². The third-order valence-corrected chi connectivity index (χ3v) is 34.5. The molecule has 710 valence electrons. The van der Waals surface area contributed by atoms with Gasteiger partial charge < -0.3 is 28.1 Å². The molecule has 0 aliphatic heterocycles. The second-order valence-corrected chi connectivity index (χ2v) is 52.0. The molecule has 0 radical (unpaired) electrons. The summed E-state index contributed by atoms with van der Waals surface area (Å²) in [6.45, 7) is 55.5. The van der Waals surface area contributed by atoms with Gasteiger partial charge in [-0.15, -0.1) is 45.3 Å². The van der Waals surface area contributed by atoms with Crippen molar-refractivity contribution in [2.45, 2.75) is 209 Å². The number of thiophene rings is 4. The van der Waals surface area contributed by atoms with Crippen LogP contribution in [0.3, 0.4) is 0 Å². The predicted molar refractivity (Wildman–Crippen MR) is 621 cm³/mol. The van der Waals surface area contributed by atoms with Crippen LogP contribution in [0.15, 0.2) is 340 Å². The normalized spacial score (nSPS) is 12.9. The van der Waals surface area contributed by atoms with Crippen LogP contribution in [0.2, 0.25) is 0 Å². The molecule has 0 saturated heterocycles. The molecule has 0 saturated carbocycles. The number of hydrogen-bond acceptors (Lipinski definition) is 6. The van der Waals surface area contributed by atoms with Crippen LogP contribution in [0.5, 0.6) is 0 Å². The van der Waals surface area contributed by atoms with Gasteiger partial charge in [0.15, 0.2) is 0 Å². The van der Waals surface area contributed by atoms with Gasteiger partial charge in [0.2, 0.25) is 0 Å². The molecule has 0 aliphatic rings. The molecule has 22 rings (SSSR count). The number of anilines is 6. The van der Waals surface area contributed by atoms with Crippen molar-refractivity contribution in [2.24, 2.45) is 0 Å². The van der Waals surface area contributed by atoms with Gasteiger partial charge in [0.1, 0.15) is 0 Å². The van der Waals surface area contributed by atoms with Crippen LogP contribution >= 0.6 is 45.3 Å². The summed E-state index contributed by atoms with van der Waals surface area (Å²) in [6, 6.07) is 131. The van der Waals surface area contributed by atoms with Gasteiger partial charge in [-0.3, -0.25) is 0 Å². The van der Waals surface area contributed by atoms with Gasteiger partial charge in [0.25, 0.3) is 0 Å². The zero-order valence-corrected chi connectivity index (χ0v) is 89.9. The number of benzene rings is 14. The molecule has 8 aromatic heterocycles. The smallest absolute Gasteiger partial charge is 0.0541 e. The quantitative estimate of drug-likeness (QED) is 0.102. The summed E-state index contributed by atoms with van der Waals surface area (Å²) in [4.78, 5) is 14.9. The van der Waals surface area contributed by atoms with Crippen LogP contribution in [-0.4, -0.2) is 18.3 Å². The molecule has 10 heteroatoms. The van der Waals surface area contributed by atoms with E-state index in [1.807, 2.05) is 45.3 Å². The maximum Gasteiger partial charge on any atom is 0.0541 e. The summed E-state index contributed by atoms with van der Waals surface area (Å²) in [5, 5.41) is 10.3. The standard InChI is InChI=1S/C132H128N6S4/c1-125(2,3)83-29-57-109-101(73-83)102-74-84(126(4,5)6)30-58-110(102)135(109)97-49-41-93(42-50-97)133(94-43-51-98(52-44-94)136-111-59-31-85(127(7,8)9)75-103(111)104-76-86(128(10,11)12)32-60-112(104)136)91-37-25-81(26-38-91)117-65-67-119(139-117)121-69-71-123(141-121)124-72-70-122(142-124)120-68-66-118(140-120)82-27-39-92(40-28-82)134(95-45-53-99(54-46-95)137-113-61-33-87(129(13,14)15)77-105(113)106-78-88(130(16,17)18)34-62-114(106)137)96-47-55-100(56-48-96)138-115-63-35-89(131(19,20)21)79-107(115)108-80-90(132(22,23)24)36-64-116(108)138/h25-80H,1-24H3. The Morgan fingerprint density at radius 1 is 0.148 bits per heavy atom. The van der Waals surface area contributed by atoms with Gasteiger partial charge in [-0.05, 0) is 366 Å². The molecular formula is C132H128N6S4. The zero-order valence-electron chi connectivity index (χ0n) is 86.6. The minimum absolute atomic E-state index is 0.00464. The number of rotatable bonds is 15. The fourth-order valence-corrected chi connectivity index (χ4v) is 25.1. The molecule has 22 aromatic rings. The lowest BCUT2D eigenvalue weighted by Gasteiger charge is -2.26. The Hall–Kier alpha value is -13.3. The molecule has 142 heavy (non-hydrogen) atoms.